The van der Waals surface area contributed by atoms with Crippen LogP contribution in [0.25, 0.3) is 0 Å². The molecule has 0 aromatic heterocycles. The minimum atomic E-state index is -0.607. The van der Waals surface area contributed by atoms with Crippen LogP contribution in [0.5, 0.6) is 0 Å². The summed E-state index contributed by atoms with van der Waals surface area (Å²) in [6, 6.07) is 10.1. The average molecular weight is 220 g/mol. The van der Waals surface area contributed by atoms with E-state index in [4.69, 9.17) is 5.73 Å². The molecule has 88 valence electrons. The summed E-state index contributed by atoms with van der Waals surface area (Å²) in [7, 11) is 0. The molecule has 3 nitrogen and oxygen atoms in total. The first-order valence-electron chi connectivity index (χ1n) is 5.57. The van der Waals surface area contributed by atoms with Crippen molar-refractivity contribution in [3.05, 3.63) is 35.9 Å². The Labute approximate surface area is 97.2 Å². The number of rotatable bonds is 5. The topological polar surface area (TPSA) is 46.3 Å². The zero-order chi connectivity index (χ0) is 12.2. The van der Waals surface area contributed by atoms with Crippen molar-refractivity contribution in [3.8, 4) is 0 Å². The smallest absolute Gasteiger partial charge is 0.237 e. The molecule has 0 heterocycles. The van der Waals surface area contributed by atoms with E-state index in [-0.39, 0.29) is 5.91 Å². The van der Waals surface area contributed by atoms with Crippen LogP contribution in [0.3, 0.4) is 0 Å². The number of benzene rings is 1. The number of carbonyl (C=O) groups is 1. The minimum absolute atomic E-state index is 0.287. The Morgan fingerprint density at radius 1 is 1.31 bits per heavy atom. The lowest BCUT2D eigenvalue weighted by atomic mass is 10.0. The van der Waals surface area contributed by atoms with Gasteiger partial charge in [0.1, 0.15) is 0 Å². The van der Waals surface area contributed by atoms with Crippen molar-refractivity contribution in [3.63, 3.8) is 0 Å². The van der Waals surface area contributed by atoms with Gasteiger partial charge in [-0.1, -0.05) is 37.3 Å². The Bertz CT molecular complexity index is 346. The summed E-state index contributed by atoms with van der Waals surface area (Å²) in [5, 5.41) is 0. The molecule has 0 unspecified atom stereocenters. The molecule has 0 saturated heterocycles. The standard InChI is InChI=1S/C13H20N2O/c1-4-15(13(2,3)12(14)16)10-11-8-6-5-7-9-11/h5-9H,4,10H2,1-3H3,(H2,14,16). The Kier molecular flexibility index (Phi) is 4.07. The summed E-state index contributed by atoms with van der Waals surface area (Å²) >= 11 is 0. The summed E-state index contributed by atoms with van der Waals surface area (Å²) < 4.78 is 0. The molecule has 3 heteroatoms. The molecule has 0 aliphatic heterocycles. The van der Waals surface area contributed by atoms with Crippen molar-refractivity contribution in [2.24, 2.45) is 5.73 Å². The highest BCUT2D eigenvalue weighted by atomic mass is 16.1. The van der Waals surface area contributed by atoms with E-state index in [9.17, 15) is 4.79 Å². The van der Waals surface area contributed by atoms with Crippen molar-refractivity contribution in [1.29, 1.82) is 0 Å². The number of carbonyl (C=O) groups excluding carboxylic acids is 1. The molecule has 0 aliphatic rings. The van der Waals surface area contributed by atoms with E-state index in [0.717, 1.165) is 13.1 Å². The van der Waals surface area contributed by atoms with E-state index in [1.54, 1.807) is 0 Å². The highest BCUT2D eigenvalue weighted by Crippen LogP contribution is 2.17. The Hall–Kier alpha value is -1.35. The normalized spacial score (nSPS) is 11.8. The number of hydrogen-bond donors (Lipinski definition) is 1. The third-order valence-electron chi connectivity index (χ3n) is 2.99. The molecule has 16 heavy (non-hydrogen) atoms. The second-order valence-electron chi connectivity index (χ2n) is 4.42. The van der Waals surface area contributed by atoms with Crippen LogP contribution in [0.2, 0.25) is 0 Å². The van der Waals surface area contributed by atoms with Gasteiger partial charge in [-0.3, -0.25) is 9.69 Å². The summed E-state index contributed by atoms with van der Waals surface area (Å²) in [6.07, 6.45) is 0. The van der Waals surface area contributed by atoms with Crippen LogP contribution in [0.15, 0.2) is 30.3 Å². The fourth-order valence-electron chi connectivity index (χ4n) is 1.66. The maximum atomic E-state index is 11.4. The van der Waals surface area contributed by atoms with Crippen molar-refractivity contribution < 1.29 is 4.79 Å². The number of likely N-dealkylation sites (N-methyl/N-ethyl adjacent to an activating group) is 1. The molecule has 0 radical (unpaired) electrons. The fraction of sp³-hybridized carbons (Fsp3) is 0.462. The molecular formula is C13H20N2O. The van der Waals surface area contributed by atoms with E-state index >= 15 is 0 Å². The van der Waals surface area contributed by atoms with Crippen LogP contribution >= 0.6 is 0 Å². The Morgan fingerprint density at radius 2 is 1.88 bits per heavy atom. The van der Waals surface area contributed by atoms with Gasteiger partial charge in [0.25, 0.3) is 0 Å². The maximum absolute atomic E-state index is 11.4. The molecule has 1 aromatic rings. The summed E-state index contributed by atoms with van der Waals surface area (Å²) in [4.78, 5) is 13.5. The molecule has 0 fully saturated rings. The molecule has 2 N–H and O–H groups in total. The quantitative estimate of drug-likeness (QED) is 0.822. The van der Waals surface area contributed by atoms with Crippen LogP contribution < -0.4 is 5.73 Å². The second kappa shape index (κ2) is 5.12. The number of primary amides is 1. The van der Waals surface area contributed by atoms with Gasteiger partial charge >= 0.3 is 0 Å². The first-order chi connectivity index (χ1) is 7.48. The van der Waals surface area contributed by atoms with E-state index < -0.39 is 5.54 Å². The van der Waals surface area contributed by atoms with Crippen molar-refractivity contribution in [1.82, 2.24) is 4.90 Å². The molecule has 1 rings (SSSR count). The van der Waals surface area contributed by atoms with Gasteiger partial charge in [0.15, 0.2) is 0 Å². The van der Waals surface area contributed by atoms with E-state index in [1.165, 1.54) is 5.56 Å². The van der Waals surface area contributed by atoms with Crippen molar-refractivity contribution >= 4 is 5.91 Å². The number of nitrogens with two attached hydrogens (primary N) is 1. The molecule has 1 aromatic carbocycles. The number of hydrogen-bond acceptors (Lipinski definition) is 2. The SMILES string of the molecule is CCN(Cc1ccccc1)C(C)(C)C(N)=O. The Morgan fingerprint density at radius 3 is 2.31 bits per heavy atom. The van der Waals surface area contributed by atoms with E-state index in [2.05, 4.69) is 17.0 Å². The highest BCUT2D eigenvalue weighted by Gasteiger charge is 2.31. The van der Waals surface area contributed by atoms with Gasteiger partial charge < -0.3 is 5.73 Å². The molecule has 0 bridgehead atoms. The zero-order valence-corrected chi connectivity index (χ0v) is 10.2. The fourth-order valence-corrected chi connectivity index (χ4v) is 1.66. The third kappa shape index (κ3) is 2.83. The van der Waals surface area contributed by atoms with Gasteiger partial charge in [-0.25, -0.2) is 0 Å². The van der Waals surface area contributed by atoms with Crippen molar-refractivity contribution in [2.45, 2.75) is 32.9 Å². The highest BCUT2D eigenvalue weighted by molar-refractivity contribution is 5.83. The molecule has 0 spiro atoms. The summed E-state index contributed by atoms with van der Waals surface area (Å²) in [5.41, 5.74) is 6.01. The van der Waals surface area contributed by atoms with Gasteiger partial charge in [0.05, 0.1) is 5.54 Å². The average Bonchev–Trinajstić information content (AvgIpc) is 2.26. The second-order valence-corrected chi connectivity index (χ2v) is 4.42. The number of amides is 1. The van der Waals surface area contributed by atoms with Gasteiger partial charge in [-0.2, -0.15) is 0 Å². The van der Waals surface area contributed by atoms with Gasteiger partial charge in [-0.05, 0) is 26.0 Å². The van der Waals surface area contributed by atoms with Crippen LogP contribution in [0.4, 0.5) is 0 Å². The van der Waals surface area contributed by atoms with Gasteiger partial charge in [0, 0.05) is 6.54 Å². The van der Waals surface area contributed by atoms with Crippen LogP contribution in [0, 0.1) is 0 Å². The molecule has 0 atom stereocenters. The molecular weight excluding hydrogens is 200 g/mol. The first kappa shape index (κ1) is 12.7. The van der Waals surface area contributed by atoms with Crippen molar-refractivity contribution in [2.75, 3.05) is 6.54 Å². The lowest BCUT2D eigenvalue weighted by molar-refractivity contribution is -0.128. The summed E-state index contributed by atoms with van der Waals surface area (Å²) in [5.74, 6) is -0.287. The number of nitrogens with zero attached hydrogens (tertiary/aromatic N) is 1. The maximum Gasteiger partial charge on any atom is 0.237 e. The zero-order valence-electron chi connectivity index (χ0n) is 10.2. The van der Waals surface area contributed by atoms with Crippen LogP contribution in [-0.4, -0.2) is 22.9 Å². The summed E-state index contributed by atoms with van der Waals surface area (Å²) in [6.45, 7) is 7.30. The Balaban J connectivity index is 2.81. The molecule has 0 aliphatic carbocycles. The monoisotopic (exact) mass is 220 g/mol. The molecule has 1 amide bonds. The predicted octanol–water partition coefficient (Wildman–Crippen LogP) is 1.77. The third-order valence-corrected chi connectivity index (χ3v) is 2.99. The van der Waals surface area contributed by atoms with E-state index in [1.807, 2.05) is 39.0 Å². The van der Waals surface area contributed by atoms with Crippen LogP contribution in [-0.2, 0) is 11.3 Å². The van der Waals surface area contributed by atoms with E-state index in [0.29, 0.717) is 0 Å². The first-order valence-corrected chi connectivity index (χ1v) is 5.57. The van der Waals surface area contributed by atoms with Gasteiger partial charge in [0.2, 0.25) is 5.91 Å². The lowest BCUT2D eigenvalue weighted by Crippen LogP contribution is -2.52. The largest absolute Gasteiger partial charge is 0.368 e. The lowest BCUT2D eigenvalue weighted by Gasteiger charge is -2.35. The minimum Gasteiger partial charge on any atom is -0.368 e. The van der Waals surface area contributed by atoms with Crippen LogP contribution in [0.1, 0.15) is 26.3 Å². The van der Waals surface area contributed by atoms with Gasteiger partial charge in [-0.15, -0.1) is 0 Å². The predicted molar refractivity (Wildman–Crippen MR) is 65.8 cm³/mol. The molecule has 0 saturated carbocycles.